The first-order chi connectivity index (χ1) is 15.4. The third-order valence-corrected chi connectivity index (χ3v) is 5.72. The normalized spacial score (nSPS) is 15.3. The van der Waals surface area contributed by atoms with Crippen molar-refractivity contribution in [2.24, 2.45) is 11.1 Å². The van der Waals surface area contributed by atoms with Gasteiger partial charge in [0.15, 0.2) is 5.69 Å². The van der Waals surface area contributed by atoms with Crippen LogP contribution in [0.1, 0.15) is 53.7 Å². The molecule has 1 aliphatic rings. The molecule has 9 nitrogen and oxygen atoms in total. The fourth-order valence-electron chi connectivity index (χ4n) is 4.00. The molecule has 0 bridgehead atoms. The van der Waals surface area contributed by atoms with Gasteiger partial charge in [0.2, 0.25) is 11.8 Å². The monoisotopic (exact) mass is 458 g/mol. The number of hydrogen-bond donors (Lipinski definition) is 3. The number of amides is 3. The number of hydrogen-bond acceptors (Lipinski definition) is 5. The van der Waals surface area contributed by atoms with Crippen LogP contribution in [0.25, 0.3) is 11.4 Å². The fourth-order valence-corrected chi connectivity index (χ4v) is 4.00. The van der Waals surface area contributed by atoms with Gasteiger partial charge in [-0.2, -0.15) is 0 Å². The summed E-state index contributed by atoms with van der Waals surface area (Å²) in [6, 6.07) is 3.02. The van der Waals surface area contributed by atoms with Crippen molar-refractivity contribution < 1.29 is 18.8 Å². The molecule has 1 aliphatic heterocycles. The molecule has 3 rings (SSSR count). The van der Waals surface area contributed by atoms with E-state index in [-0.39, 0.29) is 17.2 Å². The molecule has 3 amide bonds. The van der Waals surface area contributed by atoms with Crippen LogP contribution in [-0.4, -0.2) is 58.9 Å². The standard InChI is InChI=1S/C23H31FN6O3/c1-23(2,3)18(22(33)26-4)28-21(32)17-16-12-29(5)7-6-8-30(16)20(27-17)14-9-13(19(25)31)10-15(24)11-14/h9-11,18H,6-8,12H2,1-5H3,(H2,25,31)(H,26,33)(H,28,32)/t18-/m1/s1. The van der Waals surface area contributed by atoms with Crippen LogP contribution in [0.5, 0.6) is 0 Å². The van der Waals surface area contributed by atoms with E-state index in [9.17, 15) is 18.8 Å². The summed E-state index contributed by atoms with van der Waals surface area (Å²) < 4.78 is 16.1. The van der Waals surface area contributed by atoms with Crippen LogP contribution >= 0.6 is 0 Å². The Bertz CT molecular complexity index is 1090. The molecule has 0 saturated heterocycles. The summed E-state index contributed by atoms with van der Waals surface area (Å²) in [5, 5.41) is 5.41. The number of carbonyl (C=O) groups excluding carboxylic acids is 3. The van der Waals surface area contributed by atoms with E-state index < -0.39 is 29.1 Å². The van der Waals surface area contributed by atoms with Crippen LogP contribution in [-0.2, 0) is 17.9 Å². The minimum atomic E-state index is -0.782. The van der Waals surface area contributed by atoms with Crippen LogP contribution in [0.2, 0.25) is 0 Å². The summed E-state index contributed by atoms with van der Waals surface area (Å²) in [6.07, 6.45) is 0.800. The van der Waals surface area contributed by atoms with E-state index in [1.807, 2.05) is 32.4 Å². The SMILES string of the molecule is CNC(=O)[C@@H](NC(=O)c1nc(-c2cc(F)cc(C(N)=O)c2)n2c1CN(C)CCC2)C(C)(C)C. The smallest absolute Gasteiger partial charge is 0.272 e. The summed E-state index contributed by atoms with van der Waals surface area (Å²) in [5.74, 6) is -1.80. The lowest BCUT2D eigenvalue weighted by atomic mass is 9.86. The average molecular weight is 459 g/mol. The molecule has 2 heterocycles. The van der Waals surface area contributed by atoms with Crippen molar-refractivity contribution in [3.63, 3.8) is 0 Å². The Hall–Kier alpha value is -3.27. The van der Waals surface area contributed by atoms with Crippen molar-refractivity contribution >= 4 is 17.7 Å². The van der Waals surface area contributed by atoms with Gasteiger partial charge in [0.1, 0.15) is 17.7 Å². The van der Waals surface area contributed by atoms with Gasteiger partial charge in [-0.15, -0.1) is 0 Å². The van der Waals surface area contributed by atoms with Gasteiger partial charge in [-0.25, -0.2) is 9.37 Å². The lowest BCUT2D eigenvalue weighted by Crippen LogP contribution is -2.53. The van der Waals surface area contributed by atoms with Gasteiger partial charge in [0.05, 0.1) is 5.69 Å². The number of benzene rings is 1. The predicted octanol–water partition coefficient (Wildman–Crippen LogP) is 1.51. The number of primary amides is 1. The largest absolute Gasteiger partial charge is 0.366 e. The number of nitrogens with zero attached hydrogens (tertiary/aromatic N) is 3. The maximum Gasteiger partial charge on any atom is 0.272 e. The highest BCUT2D eigenvalue weighted by atomic mass is 19.1. The molecule has 0 fully saturated rings. The van der Waals surface area contributed by atoms with E-state index in [0.717, 1.165) is 19.0 Å². The molecule has 0 aliphatic carbocycles. The van der Waals surface area contributed by atoms with Gasteiger partial charge < -0.3 is 25.8 Å². The first-order valence-electron chi connectivity index (χ1n) is 10.8. The number of carbonyl (C=O) groups is 3. The Morgan fingerprint density at radius 2 is 1.88 bits per heavy atom. The number of aromatic nitrogens is 2. The van der Waals surface area contributed by atoms with Gasteiger partial charge in [-0.1, -0.05) is 20.8 Å². The van der Waals surface area contributed by atoms with E-state index in [1.165, 1.54) is 19.2 Å². The number of rotatable bonds is 5. The van der Waals surface area contributed by atoms with Crippen molar-refractivity contribution in [2.45, 2.75) is 46.3 Å². The average Bonchev–Trinajstić information content (AvgIpc) is 2.96. The Labute approximate surface area is 192 Å². The summed E-state index contributed by atoms with van der Waals surface area (Å²) in [6.45, 7) is 7.40. The summed E-state index contributed by atoms with van der Waals surface area (Å²) >= 11 is 0. The van der Waals surface area contributed by atoms with Gasteiger partial charge in [0.25, 0.3) is 5.91 Å². The van der Waals surface area contributed by atoms with Crippen LogP contribution in [0.4, 0.5) is 4.39 Å². The van der Waals surface area contributed by atoms with Crippen LogP contribution < -0.4 is 16.4 Å². The minimum absolute atomic E-state index is 0.0199. The molecular formula is C23H31FN6O3. The zero-order valence-corrected chi connectivity index (χ0v) is 19.7. The molecule has 2 aromatic rings. The first-order valence-corrected chi connectivity index (χ1v) is 10.8. The maximum absolute atomic E-state index is 14.3. The van der Waals surface area contributed by atoms with E-state index in [2.05, 4.69) is 20.5 Å². The van der Waals surface area contributed by atoms with Crippen molar-refractivity contribution in [1.82, 2.24) is 25.1 Å². The predicted molar refractivity (Wildman–Crippen MR) is 122 cm³/mol. The first kappa shape index (κ1) is 24.4. The Kier molecular flexibility index (Phi) is 6.87. The molecule has 10 heteroatoms. The van der Waals surface area contributed by atoms with Crippen molar-refractivity contribution in [1.29, 1.82) is 0 Å². The second-order valence-corrected chi connectivity index (χ2v) is 9.45. The summed E-state index contributed by atoms with van der Waals surface area (Å²) in [7, 11) is 3.46. The molecule has 4 N–H and O–H groups in total. The second-order valence-electron chi connectivity index (χ2n) is 9.45. The Morgan fingerprint density at radius 1 is 1.18 bits per heavy atom. The molecule has 0 saturated carbocycles. The van der Waals surface area contributed by atoms with Crippen LogP contribution in [0, 0.1) is 11.2 Å². The number of likely N-dealkylation sites (N-methyl/N-ethyl adjacent to an activating group) is 1. The number of nitrogens with two attached hydrogens (primary N) is 1. The fraction of sp³-hybridized carbons (Fsp3) is 0.478. The van der Waals surface area contributed by atoms with Gasteiger partial charge in [-0.05, 0) is 43.6 Å². The number of fused-ring (bicyclic) bond motifs is 1. The van der Waals surface area contributed by atoms with Gasteiger partial charge in [-0.3, -0.25) is 14.4 Å². The second kappa shape index (κ2) is 9.30. The van der Waals surface area contributed by atoms with Crippen LogP contribution in [0.3, 0.4) is 0 Å². The maximum atomic E-state index is 14.3. The van der Waals surface area contributed by atoms with Crippen molar-refractivity contribution in [3.8, 4) is 11.4 Å². The molecule has 178 valence electrons. The third-order valence-electron chi connectivity index (χ3n) is 5.72. The van der Waals surface area contributed by atoms with E-state index in [0.29, 0.717) is 30.2 Å². The molecule has 33 heavy (non-hydrogen) atoms. The quantitative estimate of drug-likeness (QED) is 0.627. The topological polar surface area (TPSA) is 122 Å². The molecule has 0 radical (unpaired) electrons. The van der Waals surface area contributed by atoms with Crippen LogP contribution in [0.15, 0.2) is 18.2 Å². The highest BCUT2D eigenvalue weighted by molar-refractivity contribution is 5.98. The summed E-state index contributed by atoms with van der Waals surface area (Å²) in [4.78, 5) is 44.1. The van der Waals surface area contributed by atoms with Gasteiger partial charge >= 0.3 is 0 Å². The zero-order chi connectivity index (χ0) is 24.5. The zero-order valence-electron chi connectivity index (χ0n) is 19.7. The lowest BCUT2D eigenvalue weighted by molar-refractivity contribution is -0.124. The minimum Gasteiger partial charge on any atom is -0.366 e. The lowest BCUT2D eigenvalue weighted by Gasteiger charge is -2.29. The molecule has 1 atom stereocenters. The number of imidazole rings is 1. The third kappa shape index (κ3) is 5.22. The van der Waals surface area contributed by atoms with E-state index in [1.54, 1.807) is 0 Å². The highest BCUT2D eigenvalue weighted by Gasteiger charge is 2.34. The number of halogens is 1. The Balaban J connectivity index is 2.12. The van der Waals surface area contributed by atoms with Gasteiger partial charge in [0, 0.05) is 31.3 Å². The number of nitrogens with one attached hydrogen (secondary N) is 2. The van der Waals surface area contributed by atoms with E-state index >= 15 is 0 Å². The molecule has 1 aromatic heterocycles. The van der Waals surface area contributed by atoms with Crippen molar-refractivity contribution in [3.05, 3.63) is 41.0 Å². The highest BCUT2D eigenvalue weighted by Crippen LogP contribution is 2.28. The summed E-state index contributed by atoms with van der Waals surface area (Å²) in [5.41, 5.74) is 6.03. The molecule has 0 spiro atoms. The van der Waals surface area contributed by atoms with Crippen molar-refractivity contribution in [2.75, 3.05) is 20.6 Å². The van der Waals surface area contributed by atoms with E-state index in [4.69, 9.17) is 5.73 Å². The molecule has 0 unspecified atom stereocenters. The Morgan fingerprint density at radius 3 is 2.48 bits per heavy atom. The molecule has 1 aromatic carbocycles. The molecular weight excluding hydrogens is 427 g/mol.